The first-order chi connectivity index (χ1) is 10.2. The topological polar surface area (TPSA) is 12.0 Å². The average molecular weight is 322 g/mol. The minimum atomic E-state index is -0.176. The molecule has 0 amide bonds. The van der Waals surface area contributed by atoms with Crippen LogP contribution >= 0.6 is 23.4 Å². The third-order valence-corrected chi connectivity index (χ3v) is 5.06. The summed E-state index contributed by atoms with van der Waals surface area (Å²) in [6, 6.07) is 13.5. The zero-order chi connectivity index (χ0) is 14.7. The highest BCUT2D eigenvalue weighted by atomic mass is 35.5. The van der Waals surface area contributed by atoms with Crippen LogP contribution in [-0.4, -0.2) is 6.04 Å². The Hall–Kier alpha value is -1.03. The lowest BCUT2D eigenvalue weighted by atomic mass is 10.2. The van der Waals surface area contributed by atoms with E-state index in [9.17, 15) is 4.39 Å². The summed E-state index contributed by atoms with van der Waals surface area (Å²) in [6.45, 7) is 0.729. The van der Waals surface area contributed by atoms with Gasteiger partial charge in [-0.2, -0.15) is 0 Å². The van der Waals surface area contributed by atoms with Gasteiger partial charge in [-0.05, 0) is 48.2 Å². The molecular weight excluding hydrogens is 305 g/mol. The lowest BCUT2D eigenvalue weighted by Gasteiger charge is -2.11. The molecule has 2 aromatic rings. The number of hydrogen-bond donors (Lipinski definition) is 1. The summed E-state index contributed by atoms with van der Waals surface area (Å²) >= 11 is 7.88. The number of halogens is 2. The van der Waals surface area contributed by atoms with E-state index in [1.165, 1.54) is 18.9 Å². The minimum absolute atomic E-state index is 0.176. The van der Waals surface area contributed by atoms with Crippen molar-refractivity contribution in [1.29, 1.82) is 0 Å². The first kappa shape index (κ1) is 14.9. The van der Waals surface area contributed by atoms with Gasteiger partial charge in [0.1, 0.15) is 5.82 Å². The molecule has 0 aromatic heterocycles. The van der Waals surface area contributed by atoms with Crippen LogP contribution in [0.2, 0.25) is 5.02 Å². The minimum Gasteiger partial charge on any atom is -0.310 e. The molecule has 0 aliphatic heterocycles. The van der Waals surface area contributed by atoms with Gasteiger partial charge in [0, 0.05) is 28.3 Å². The molecular formula is C17H17ClFNS. The van der Waals surface area contributed by atoms with E-state index in [-0.39, 0.29) is 5.82 Å². The first-order valence-electron chi connectivity index (χ1n) is 7.10. The van der Waals surface area contributed by atoms with Gasteiger partial charge in [-0.1, -0.05) is 29.8 Å². The van der Waals surface area contributed by atoms with Gasteiger partial charge >= 0.3 is 0 Å². The van der Waals surface area contributed by atoms with E-state index in [0.29, 0.717) is 6.04 Å². The summed E-state index contributed by atoms with van der Waals surface area (Å²) in [5.74, 6) is 0.617. The average Bonchev–Trinajstić information content (AvgIpc) is 3.30. The Morgan fingerprint density at radius 1 is 1.14 bits per heavy atom. The number of thioether (sulfide) groups is 1. The van der Waals surface area contributed by atoms with E-state index in [1.807, 2.05) is 30.3 Å². The maximum atomic E-state index is 13.5. The second-order valence-corrected chi connectivity index (χ2v) is 6.71. The van der Waals surface area contributed by atoms with Crippen molar-refractivity contribution in [3.8, 4) is 0 Å². The zero-order valence-corrected chi connectivity index (χ0v) is 13.2. The number of nitrogens with one attached hydrogen (secondary N) is 1. The van der Waals surface area contributed by atoms with Gasteiger partial charge in [-0.3, -0.25) is 0 Å². The molecule has 1 aliphatic rings. The van der Waals surface area contributed by atoms with E-state index in [4.69, 9.17) is 11.6 Å². The van der Waals surface area contributed by atoms with Crippen LogP contribution in [0.5, 0.6) is 0 Å². The third kappa shape index (κ3) is 4.22. The van der Waals surface area contributed by atoms with Crippen molar-refractivity contribution in [2.45, 2.75) is 36.1 Å². The summed E-state index contributed by atoms with van der Waals surface area (Å²) in [4.78, 5) is 1.12. The highest BCUT2D eigenvalue weighted by Crippen LogP contribution is 2.30. The fourth-order valence-corrected chi connectivity index (χ4v) is 3.46. The lowest BCUT2D eigenvalue weighted by Crippen LogP contribution is -2.16. The van der Waals surface area contributed by atoms with Crippen LogP contribution in [0.3, 0.4) is 0 Å². The van der Waals surface area contributed by atoms with Crippen molar-refractivity contribution >= 4 is 23.4 Å². The van der Waals surface area contributed by atoms with Crippen LogP contribution in [0, 0.1) is 5.82 Å². The molecule has 0 atom stereocenters. The molecule has 0 bridgehead atoms. The summed E-state index contributed by atoms with van der Waals surface area (Å²) in [7, 11) is 0. The molecule has 1 fully saturated rings. The standard InChI is InChI=1S/C17H17ClFNS/c18-16-4-2-1-3-12(16)11-21-17-8-5-14(19)9-13(17)10-20-15-6-7-15/h1-5,8-9,15,20H,6-7,10-11H2. The van der Waals surface area contributed by atoms with Crippen molar-refractivity contribution in [3.05, 3.63) is 64.4 Å². The normalized spacial score (nSPS) is 14.4. The predicted octanol–water partition coefficient (Wildman–Crippen LogP) is 5.02. The summed E-state index contributed by atoms with van der Waals surface area (Å²) in [6.07, 6.45) is 2.47. The van der Waals surface area contributed by atoms with Crippen LogP contribution in [-0.2, 0) is 12.3 Å². The highest BCUT2D eigenvalue weighted by molar-refractivity contribution is 7.98. The van der Waals surface area contributed by atoms with E-state index in [2.05, 4.69) is 5.32 Å². The van der Waals surface area contributed by atoms with Crippen molar-refractivity contribution in [2.24, 2.45) is 0 Å². The van der Waals surface area contributed by atoms with Gasteiger partial charge < -0.3 is 5.32 Å². The molecule has 0 heterocycles. The number of hydrogen-bond acceptors (Lipinski definition) is 2. The Morgan fingerprint density at radius 2 is 1.95 bits per heavy atom. The summed E-state index contributed by atoms with van der Waals surface area (Å²) in [5, 5.41) is 4.23. The van der Waals surface area contributed by atoms with Gasteiger partial charge in [-0.25, -0.2) is 4.39 Å². The largest absolute Gasteiger partial charge is 0.310 e. The number of rotatable bonds is 6. The predicted molar refractivity (Wildman–Crippen MR) is 87.3 cm³/mol. The second kappa shape index (κ2) is 6.82. The second-order valence-electron chi connectivity index (χ2n) is 5.29. The molecule has 1 saturated carbocycles. The van der Waals surface area contributed by atoms with Crippen molar-refractivity contribution < 1.29 is 4.39 Å². The third-order valence-electron chi connectivity index (χ3n) is 3.52. The fraction of sp³-hybridized carbons (Fsp3) is 0.294. The molecule has 110 valence electrons. The fourth-order valence-electron chi connectivity index (χ4n) is 2.14. The zero-order valence-electron chi connectivity index (χ0n) is 11.6. The van der Waals surface area contributed by atoms with Crippen molar-refractivity contribution in [3.63, 3.8) is 0 Å². The smallest absolute Gasteiger partial charge is 0.123 e. The van der Waals surface area contributed by atoms with Crippen molar-refractivity contribution in [2.75, 3.05) is 0 Å². The molecule has 1 aliphatic carbocycles. The molecule has 3 rings (SSSR count). The molecule has 4 heteroatoms. The quantitative estimate of drug-likeness (QED) is 0.749. The molecule has 0 unspecified atom stereocenters. The molecule has 2 aromatic carbocycles. The van der Waals surface area contributed by atoms with Crippen LogP contribution < -0.4 is 5.32 Å². The van der Waals surface area contributed by atoms with Gasteiger partial charge in [0.05, 0.1) is 0 Å². The molecule has 1 nitrogen and oxygen atoms in total. The van der Waals surface area contributed by atoms with E-state index in [0.717, 1.165) is 33.3 Å². The maximum absolute atomic E-state index is 13.5. The van der Waals surface area contributed by atoms with Gasteiger partial charge in [0.2, 0.25) is 0 Å². The maximum Gasteiger partial charge on any atom is 0.123 e. The molecule has 0 saturated heterocycles. The van der Waals surface area contributed by atoms with Crippen LogP contribution in [0.15, 0.2) is 47.4 Å². The molecule has 1 N–H and O–H groups in total. The molecule has 0 radical (unpaired) electrons. The lowest BCUT2D eigenvalue weighted by molar-refractivity contribution is 0.616. The van der Waals surface area contributed by atoms with Crippen molar-refractivity contribution in [1.82, 2.24) is 5.32 Å². The van der Waals surface area contributed by atoms with E-state index in [1.54, 1.807) is 17.8 Å². The van der Waals surface area contributed by atoms with Gasteiger partial charge in [0.25, 0.3) is 0 Å². The molecule has 21 heavy (non-hydrogen) atoms. The Kier molecular flexibility index (Phi) is 4.84. The summed E-state index contributed by atoms with van der Waals surface area (Å²) < 4.78 is 13.5. The Balaban J connectivity index is 1.70. The summed E-state index contributed by atoms with van der Waals surface area (Å²) in [5.41, 5.74) is 2.13. The number of benzene rings is 2. The van der Waals surface area contributed by atoms with Crippen LogP contribution in [0.1, 0.15) is 24.0 Å². The molecule has 0 spiro atoms. The Morgan fingerprint density at radius 3 is 2.71 bits per heavy atom. The first-order valence-corrected chi connectivity index (χ1v) is 8.47. The van der Waals surface area contributed by atoms with Crippen LogP contribution in [0.4, 0.5) is 4.39 Å². The Bertz CT molecular complexity index is 628. The van der Waals surface area contributed by atoms with Gasteiger partial charge in [-0.15, -0.1) is 11.8 Å². The van der Waals surface area contributed by atoms with Crippen LogP contribution in [0.25, 0.3) is 0 Å². The highest BCUT2D eigenvalue weighted by Gasteiger charge is 2.20. The Labute approximate surface area is 133 Å². The SMILES string of the molecule is Fc1ccc(SCc2ccccc2Cl)c(CNC2CC2)c1. The monoisotopic (exact) mass is 321 g/mol. The van der Waals surface area contributed by atoms with E-state index >= 15 is 0 Å². The van der Waals surface area contributed by atoms with Gasteiger partial charge in [0.15, 0.2) is 0 Å². The van der Waals surface area contributed by atoms with E-state index < -0.39 is 0 Å².